The summed E-state index contributed by atoms with van der Waals surface area (Å²) in [5, 5.41) is 6.16. The fourth-order valence-corrected chi connectivity index (χ4v) is 3.98. The van der Waals surface area contributed by atoms with Gasteiger partial charge >= 0.3 is 0 Å². The molecule has 0 spiro atoms. The molecule has 0 aliphatic carbocycles. The highest BCUT2D eigenvalue weighted by Gasteiger charge is 2.31. The van der Waals surface area contributed by atoms with Gasteiger partial charge in [-0.1, -0.05) is 41.9 Å². The molecule has 2 aromatic carbocycles. The van der Waals surface area contributed by atoms with Crippen molar-refractivity contribution in [3.8, 4) is 0 Å². The summed E-state index contributed by atoms with van der Waals surface area (Å²) < 4.78 is 0. The van der Waals surface area contributed by atoms with Gasteiger partial charge in [0, 0.05) is 37.7 Å². The fourth-order valence-electron chi connectivity index (χ4n) is 3.78. The highest BCUT2D eigenvalue weighted by Crippen LogP contribution is 2.20. The van der Waals surface area contributed by atoms with E-state index in [1.165, 1.54) is 0 Å². The molecule has 1 fully saturated rings. The first-order chi connectivity index (χ1) is 14.5. The van der Waals surface area contributed by atoms with Gasteiger partial charge < -0.3 is 15.5 Å². The lowest BCUT2D eigenvalue weighted by atomic mass is 10.1. The van der Waals surface area contributed by atoms with Gasteiger partial charge in [-0.2, -0.15) is 0 Å². The van der Waals surface area contributed by atoms with Crippen LogP contribution < -0.4 is 10.6 Å². The maximum Gasteiger partial charge on any atom is 0.254 e. The van der Waals surface area contributed by atoms with Crippen LogP contribution in [0, 0.1) is 0 Å². The number of piperazine rings is 1. The average Bonchev–Trinajstić information content (AvgIpc) is 2.86. The zero-order chi connectivity index (χ0) is 21.1. The zero-order valence-electron chi connectivity index (χ0n) is 16.4. The van der Waals surface area contributed by atoms with E-state index < -0.39 is 6.04 Å². The first kappa shape index (κ1) is 20.4. The highest BCUT2D eigenvalue weighted by molar-refractivity contribution is 6.31. The van der Waals surface area contributed by atoms with Crippen LogP contribution in [-0.2, 0) is 16.1 Å². The van der Waals surface area contributed by atoms with Crippen molar-refractivity contribution in [1.29, 1.82) is 0 Å². The van der Waals surface area contributed by atoms with Gasteiger partial charge in [-0.25, -0.2) is 0 Å². The zero-order valence-corrected chi connectivity index (χ0v) is 17.2. The summed E-state index contributed by atoms with van der Waals surface area (Å²) in [6.45, 7) is 3.34. The van der Waals surface area contributed by atoms with Crippen LogP contribution in [0.4, 0.5) is 5.69 Å². The Bertz CT molecular complexity index is 972. The molecule has 0 bridgehead atoms. The number of fused-ring (bicyclic) bond motifs is 1. The second kappa shape index (κ2) is 8.85. The van der Waals surface area contributed by atoms with Crippen molar-refractivity contribution >= 4 is 35.0 Å². The van der Waals surface area contributed by atoms with Crippen LogP contribution in [0.5, 0.6) is 0 Å². The third-order valence-corrected chi connectivity index (χ3v) is 5.88. The summed E-state index contributed by atoms with van der Waals surface area (Å²) in [5.74, 6) is -0.871. The number of anilines is 1. The van der Waals surface area contributed by atoms with E-state index in [1.807, 2.05) is 24.3 Å². The minimum atomic E-state index is -0.890. The summed E-state index contributed by atoms with van der Waals surface area (Å²) in [5.41, 5.74) is 1.92. The maximum absolute atomic E-state index is 12.8. The Morgan fingerprint density at radius 2 is 1.70 bits per heavy atom. The number of hydrogen-bond acceptors (Lipinski definition) is 4. The predicted molar refractivity (Wildman–Crippen MR) is 114 cm³/mol. The van der Waals surface area contributed by atoms with E-state index in [0.29, 0.717) is 24.3 Å². The molecule has 8 heteroatoms. The number of para-hydroxylation sites is 1. The SMILES string of the molecule is O=C1N[C@H](CC(=O)N2CCN(Cc3ccccc3Cl)CC2)C(=O)Nc2ccccc21. The lowest BCUT2D eigenvalue weighted by molar-refractivity contribution is -0.135. The van der Waals surface area contributed by atoms with Crippen molar-refractivity contribution in [1.82, 2.24) is 15.1 Å². The largest absolute Gasteiger partial charge is 0.340 e. The van der Waals surface area contributed by atoms with Crippen molar-refractivity contribution in [2.45, 2.75) is 19.0 Å². The lowest BCUT2D eigenvalue weighted by Gasteiger charge is -2.35. The fraction of sp³-hybridized carbons (Fsp3) is 0.318. The number of carbonyl (C=O) groups is 3. The number of amides is 3. The average molecular weight is 427 g/mol. The number of nitrogens with one attached hydrogen (secondary N) is 2. The van der Waals surface area contributed by atoms with Crippen molar-refractivity contribution in [2.24, 2.45) is 0 Å². The molecule has 2 heterocycles. The molecule has 30 heavy (non-hydrogen) atoms. The molecule has 0 unspecified atom stereocenters. The number of rotatable bonds is 4. The molecule has 1 atom stereocenters. The monoisotopic (exact) mass is 426 g/mol. The van der Waals surface area contributed by atoms with E-state index >= 15 is 0 Å². The summed E-state index contributed by atoms with van der Waals surface area (Å²) in [7, 11) is 0. The van der Waals surface area contributed by atoms with E-state index in [2.05, 4.69) is 15.5 Å². The van der Waals surface area contributed by atoms with Crippen molar-refractivity contribution in [2.75, 3.05) is 31.5 Å². The number of nitrogens with zero attached hydrogens (tertiary/aromatic N) is 2. The van der Waals surface area contributed by atoms with Gasteiger partial charge in [0.05, 0.1) is 17.7 Å². The number of hydrogen-bond donors (Lipinski definition) is 2. The van der Waals surface area contributed by atoms with Crippen LogP contribution in [0.3, 0.4) is 0 Å². The van der Waals surface area contributed by atoms with Gasteiger partial charge in [0.15, 0.2) is 0 Å². The van der Waals surface area contributed by atoms with Crippen LogP contribution in [0.1, 0.15) is 22.3 Å². The van der Waals surface area contributed by atoms with Gasteiger partial charge in [0.1, 0.15) is 6.04 Å². The van der Waals surface area contributed by atoms with E-state index in [-0.39, 0.29) is 24.1 Å². The molecule has 0 radical (unpaired) electrons. The Morgan fingerprint density at radius 3 is 2.47 bits per heavy atom. The molecule has 1 saturated heterocycles. The van der Waals surface area contributed by atoms with Crippen molar-refractivity contribution in [3.63, 3.8) is 0 Å². The van der Waals surface area contributed by atoms with Gasteiger partial charge in [-0.15, -0.1) is 0 Å². The molecule has 0 aromatic heterocycles. The Labute approximate surface area is 180 Å². The van der Waals surface area contributed by atoms with Crippen LogP contribution in [-0.4, -0.2) is 59.7 Å². The van der Waals surface area contributed by atoms with Crippen LogP contribution >= 0.6 is 11.6 Å². The molecular weight excluding hydrogens is 404 g/mol. The minimum absolute atomic E-state index is 0.0594. The molecular formula is C22H23ClN4O3. The number of benzene rings is 2. The van der Waals surface area contributed by atoms with E-state index in [0.717, 1.165) is 30.2 Å². The standard InChI is InChI=1S/C22H23ClN4O3/c23-17-7-3-1-5-15(17)14-26-9-11-27(12-10-26)20(28)13-19-22(30)24-18-8-4-2-6-16(18)21(29)25-19/h1-8,19H,9-14H2,(H,24,30)(H,25,29)/t19-/m1/s1. The molecule has 2 aliphatic rings. The molecule has 0 saturated carbocycles. The normalized spacial score (nSPS) is 19.5. The molecule has 7 nitrogen and oxygen atoms in total. The van der Waals surface area contributed by atoms with Crippen LogP contribution in [0.25, 0.3) is 0 Å². The summed E-state index contributed by atoms with van der Waals surface area (Å²) in [6, 6.07) is 13.7. The Morgan fingerprint density at radius 1 is 1.00 bits per heavy atom. The van der Waals surface area contributed by atoms with E-state index in [1.54, 1.807) is 29.2 Å². The Balaban J connectivity index is 1.32. The number of halogens is 1. The Kier molecular flexibility index (Phi) is 6.01. The van der Waals surface area contributed by atoms with Gasteiger partial charge in [-0.05, 0) is 23.8 Å². The first-order valence-electron chi connectivity index (χ1n) is 9.95. The van der Waals surface area contributed by atoms with Crippen molar-refractivity contribution in [3.05, 3.63) is 64.7 Å². The van der Waals surface area contributed by atoms with E-state index in [4.69, 9.17) is 11.6 Å². The molecule has 2 N–H and O–H groups in total. The van der Waals surface area contributed by atoms with Gasteiger partial charge in [-0.3, -0.25) is 19.3 Å². The maximum atomic E-state index is 12.8. The quantitative estimate of drug-likeness (QED) is 0.784. The van der Waals surface area contributed by atoms with Gasteiger partial charge in [0.2, 0.25) is 11.8 Å². The summed E-state index contributed by atoms with van der Waals surface area (Å²) in [4.78, 5) is 41.7. The topological polar surface area (TPSA) is 81.8 Å². The molecule has 4 rings (SSSR count). The smallest absolute Gasteiger partial charge is 0.254 e. The second-order valence-electron chi connectivity index (χ2n) is 7.51. The summed E-state index contributed by atoms with van der Waals surface area (Å²) in [6.07, 6.45) is -0.0594. The highest BCUT2D eigenvalue weighted by atomic mass is 35.5. The predicted octanol–water partition coefficient (Wildman–Crippen LogP) is 2.12. The summed E-state index contributed by atoms with van der Waals surface area (Å²) >= 11 is 6.24. The third-order valence-electron chi connectivity index (χ3n) is 5.51. The third kappa shape index (κ3) is 4.47. The van der Waals surface area contributed by atoms with Crippen molar-refractivity contribution < 1.29 is 14.4 Å². The molecule has 156 valence electrons. The van der Waals surface area contributed by atoms with Crippen LogP contribution in [0.2, 0.25) is 5.02 Å². The molecule has 3 amide bonds. The second-order valence-corrected chi connectivity index (χ2v) is 7.92. The van der Waals surface area contributed by atoms with E-state index in [9.17, 15) is 14.4 Å². The number of carbonyl (C=O) groups excluding carboxylic acids is 3. The molecule has 2 aliphatic heterocycles. The minimum Gasteiger partial charge on any atom is -0.340 e. The lowest BCUT2D eigenvalue weighted by Crippen LogP contribution is -2.51. The first-order valence-corrected chi connectivity index (χ1v) is 10.3. The Hall–Kier alpha value is -2.90. The van der Waals surface area contributed by atoms with Crippen LogP contribution in [0.15, 0.2) is 48.5 Å². The van der Waals surface area contributed by atoms with Gasteiger partial charge in [0.25, 0.3) is 5.91 Å². The molecule has 2 aromatic rings.